The number of esters is 1. The normalized spacial score (nSPS) is 21.4. The van der Waals surface area contributed by atoms with Crippen LogP contribution in [0.2, 0.25) is 5.02 Å². The number of rotatable bonds is 5. The summed E-state index contributed by atoms with van der Waals surface area (Å²) >= 11 is 6.01. The molecule has 5 nitrogen and oxygen atoms in total. The molecular formula is C16H18ClNO4. The van der Waals surface area contributed by atoms with Gasteiger partial charge in [-0.25, -0.2) is 0 Å². The average molecular weight is 324 g/mol. The first kappa shape index (κ1) is 16.5. The molecule has 0 aliphatic carbocycles. The number of piperidine rings is 1. The van der Waals surface area contributed by atoms with Crippen LogP contribution in [0.1, 0.15) is 17.9 Å². The van der Waals surface area contributed by atoms with Gasteiger partial charge in [0.1, 0.15) is 12.5 Å². The third kappa shape index (κ3) is 3.87. The van der Waals surface area contributed by atoms with Gasteiger partial charge in [-0.05, 0) is 17.7 Å². The number of carbonyl (C=O) groups is 2. The maximum absolute atomic E-state index is 12.3. The first-order valence-corrected chi connectivity index (χ1v) is 7.30. The first-order valence-electron chi connectivity index (χ1n) is 6.92. The lowest BCUT2D eigenvalue weighted by molar-refractivity contribution is -0.150. The SMILES string of the molecule is C=C1NC(=O)C[C@@H](c2cccc(Cl)c2)[C@@H]1C(=O)OCCOC. The zero-order valence-corrected chi connectivity index (χ0v) is 13.1. The molecule has 2 rings (SSSR count). The maximum atomic E-state index is 12.3. The van der Waals surface area contributed by atoms with Crippen LogP contribution in [0.25, 0.3) is 0 Å². The van der Waals surface area contributed by atoms with E-state index in [0.29, 0.717) is 17.3 Å². The predicted octanol–water partition coefficient (Wildman–Crippen LogP) is 2.26. The molecule has 1 aromatic carbocycles. The molecule has 1 aliphatic heterocycles. The summed E-state index contributed by atoms with van der Waals surface area (Å²) in [7, 11) is 1.53. The highest BCUT2D eigenvalue weighted by molar-refractivity contribution is 6.30. The van der Waals surface area contributed by atoms with Crippen molar-refractivity contribution in [3.8, 4) is 0 Å². The van der Waals surface area contributed by atoms with Gasteiger partial charge in [0.25, 0.3) is 0 Å². The third-order valence-corrected chi connectivity index (χ3v) is 3.78. The van der Waals surface area contributed by atoms with Crippen molar-refractivity contribution in [3.05, 3.63) is 47.1 Å². The molecule has 1 amide bonds. The Morgan fingerprint density at radius 1 is 1.45 bits per heavy atom. The summed E-state index contributed by atoms with van der Waals surface area (Å²) in [5, 5.41) is 3.17. The second-order valence-corrected chi connectivity index (χ2v) is 5.51. The minimum Gasteiger partial charge on any atom is -0.463 e. The van der Waals surface area contributed by atoms with E-state index in [0.717, 1.165) is 5.56 Å². The molecule has 1 fully saturated rings. The number of nitrogens with one attached hydrogen (secondary N) is 1. The fraction of sp³-hybridized carbons (Fsp3) is 0.375. The molecule has 22 heavy (non-hydrogen) atoms. The topological polar surface area (TPSA) is 64.6 Å². The van der Waals surface area contributed by atoms with Gasteiger partial charge in [-0.3, -0.25) is 9.59 Å². The maximum Gasteiger partial charge on any atom is 0.315 e. The van der Waals surface area contributed by atoms with E-state index in [1.807, 2.05) is 6.07 Å². The van der Waals surface area contributed by atoms with Crippen molar-refractivity contribution in [3.63, 3.8) is 0 Å². The minimum absolute atomic E-state index is 0.162. The Morgan fingerprint density at radius 2 is 2.23 bits per heavy atom. The van der Waals surface area contributed by atoms with Gasteiger partial charge in [0.15, 0.2) is 0 Å². The fourth-order valence-electron chi connectivity index (χ4n) is 2.54. The summed E-state index contributed by atoms with van der Waals surface area (Å²) < 4.78 is 10.1. The van der Waals surface area contributed by atoms with Crippen LogP contribution in [0.4, 0.5) is 0 Å². The van der Waals surface area contributed by atoms with E-state index in [1.165, 1.54) is 7.11 Å². The van der Waals surface area contributed by atoms with Gasteiger partial charge in [0, 0.05) is 30.2 Å². The molecule has 0 aromatic heterocycles. The van der Waals surface area contributed by atoms with Gasteiger partial charge in [0.2, 0.25) is 5.91 Å². The monoisotopic (exact) mass is 323 g/mol. The molecule has 0 saturated carbocycles. The second-order valence-electron chi connectivity index (χ2n) is 5.08. The molecule has 0 bridgehead atoms. The lowest BCUT2D eigenvalue weighted by atomic mass is 9.79. The van der Waals surface area contributed by atoms with Crippen LogP contribution >= 0.6 is 11.6 Å². The molecule has 118 valence electrons. The van der Waals surface area contributed by atoms with E-state index in [1.54, 1.807) is 18.2 Å². The Morgan fingerprint density at radius 3 is 2.91 bits per heavy atom. The van der Waals surface area contributed by atoms with Crippen LogP contribution in [0, 0.1) is 5.92 Å². The lowest BCUT2D eigenvalue weighted by Gasteiger charge is -2.32. The van der Waals surface area contributed by atoms with Crippen LogP contribution in [0.15, 0.2) is 36.5 Å². The molecule has 0 unspecified atom stereocenters. The molecule has 0 radical (unpaired) electrons. The molecule has 0 spiro atoms. The number of carbonyl (C=O) groups excluding carboxylic acids is 2. The van der Waals surface area contributed by atoms with E-state index in [4.69, 9.17) is 21.1 Å². The van der Waals surface area contributed by atoms with Crippen molar-refractivity contribution < 1.29 is 19.1 Å². The minimum atomic E-state index is -0.631. The van der Waals surface area contributed by atoms with Gasteiger partial charge < -0.3 is 14.8 Å². The van der Waals surface area contributed by atoms with Crippen LogP contribution in [-0.2, 0) is 19.1 Å². The van der Waals surface area contributed by atoms with Crippen molar-refractivity contribution in [2.24, 2.45) is 5.92 Å². The highest BCUT2D eigenvalue weighted by Crippen LogP contribution is 2.36. The Kier molecular flexibility index (Phi) is 5.57. The smallest absolute Gasteiger partial charge is 0.315 e. The Balaban J connectivity index is 2.24. The predicted molar refractivity (Wildman–Crippen MR) is 82.4 cm³/mol. The van der Waals surface area contributed by atoms with E-state index in [9.17, 15) is 9.59 Å². The zero-order valence-electron chi connectivity index (χ0n) is 12.3. The van der Waals surface area contributed by atoms with Gasteiger partial charge in [-0.1, -0.05) is 30.3 Å². The number of halogens is 1. The lowest BCUT2D eigenvalue weighted by Crippen LogP contribution is -2.41. The Hall–Kier alpha value is -1.85. The molecule has 1 N–H and O–H groups in total. The molecule has 6 heteroatoms. The number of hydrogen-bond donors (Lipinski definition) is 1. The summed E-state index contributed by atoms with van der Waals surface area (Å²) in [4.78, 5) is 24.1. The van der Waals surface area contributed by atoms with Crippen LogP contribution in [0.5, 0.6) is 0 Å². The molecule has 1 heterocycles. The van der Waals surface area contributed by atoms with Crippen molar-refractivity contribution in [1.29, 1.82) is 0 Å². The highest BCUT2D eigenvalue weighted by Gasteiger charge is 2.39. The number of hydrogen-bond acceptors (Lipinski definition) is 4. The fourth-order valence-corrected chi connectivity index (χ4v) is 2.74. The standard InChI is InChI=1S/C16H18ClNO4/c1-10-15(16(20)22-7-6-21-2)13(9-14(19)18-10)11-4-3-5-12(17)8-11/h3-5,8,13,15H,1,6-7,9H2,2H3,(H,18,19)/t13-,15+/m0/s1. The van der Waals surface area contributed by atoms with Crippen molar-refractivity contribution in [1.82, 2.24) is 5.32 Å². The largest absolute Gasteiger partial charge is 0.463 e. The van der Waals surface area contributed by atoms with E-state index >= 15 is 0 Å². The van der Waals surface area contributed by atoms with Gasteiger partial charge in [-0.15, -0.1) is 0 Å². The van der Waals surface area contributed by atoms with Gasteiger partial charge >= 0.3 is 5.97 Å². The number of amides is 1. The Bertz CT molecular complexity index is 587. The average Bonchev–Trinajstić information content (AvgIpc) is 2.46. The highest BCUT2D eigenvalue weighted by atomic mass is 35.5. The summed E-state index contributed by atoms with van der Waals surface area (Å²) in [5.41, 5.74) is 1.17. The molecule has 1 aliphatic rings. The van der Waals surface area contributed by atoms with Crippen LogP contribution < -0.4 is 5.32 Å². The second kappa shape index (κ2) is 7.42. The summed E-state index contributed by atoms with van der Waals surface area (Å²) in [5.74, 6) is -1.56. The summed E-state index contributed by atoms with van der Waals surface area (Å²) in [6.45, 7) is 4.28. The van der Waals surface area contributed by atoms with Crippen molar-refractivity contribution in [2.75, 3.05) is 20.3 Å². The van der Waals surface area contributed by atoms with Crippen molar-refractivity contribution >= 4 is 23.5 Å². The van der Waals surface area contributed by atoms with Crippen LogP contribution in [0.3, 0.4) is 0 Å². The molecule has 1 aromatic rings. The number of methoxy groups -OCH3 is 1. The van der Waals surface area contributed by atoms with E-state index in [-0.39, 0.29) is 24.9 Å². The third-order valence-electron chi connectivity index (χ3n) is 3.55. The number of ether oxygens (including phenoxy) is 2. The summed E-state index contributed by atoms with van der Waals surface area (Å²) in [6, 6.07) is 7.14. The Labute approximate surface area is 134 Å². The van der Waals surface area contributed by atoms with E-state index < -0.39 is 11.9 Å². The molecular weight excluding hydrogens is 306 g/mol. The molecule has 1 saturated heterocycles. The summed E-state index contributed by atoms with van der Waals surface area (Å²) in [6.07, 6.45) is 0.184. The van der Waals surface area contributed by atoms with Gasteiger partial charge in [0.05, 0.1) is 6.61 Å². The molecule has 2 atom stereocenters. The van der Waals surface area contributed by atoms with Crippen LogP contribution in [-0.4, -0.2) is 32.2 Å². The quantitative estimate of drug-likeness (QED) is 0.667. The zero-order chi connectivity index (χ0) is 16.1. The number of benzene rings is 1. The van der Waals surface area contributed by atoms with Gasteiger partial charge in [-0.2, -0.15) is 0 Å². The van der Waals surface area contributed by atoms with Crippen molar-refractivity contribution in [2.45, 2.75) is 12.3 Å². The van der Waals surface area contributed by atoms with E-state index in [2.05, 4.69) is 11.9 Å². The first-order chi connectivity index (χ1) is 10.5.